The molecule has 2 rings (SSSR count). The third-order valence-electron chi connectivity index (χ3n) is 3.70. The van der Waals surface area contributed by atoms with E-state index in [4.69, 9.17) is 9.47 Å². The first-order valence-corrected chi connectivity index (χ1v) is 7.46. The van der Waals surface area contributed by atoms with Crippen molar-refractivity contribution in [1.82, 2.24) is 9.55 Å². The van der Waals surface area contributed by atoms with E-state index in [0.29, 0.717) is 18.0 Å². The van der Waals surface area contributed by atoms with Crippen molar-refractivity contribution in [1.29, 1.82) is 0 Å². The van der Waals surface area contributed by atoms with Crippen LogP contribution >= 0.6 is 0 Å². The number of ketones is 1. The molecule has 0 spiro atoms. The van der Waals surface area contributed by atoms with Gasteiger partial charge in [-0.2, -0.15) is 0 Å². The van der Waals surface area contributed by atoms with Crippen LogP contribution in [0.3, 0.4) is 0 Å². The fraction of sp³-hybridized carbons (Fsp3) is 0.278. The number of aryl methyl sites for hydroxylation is 1. The van der Waals surface area contributed by atoms with E-state index >= 15 is 0 Å². The summed E-state index contributed by atoms with van der Waals surface area (Å²) >= 11 is 0. The Balaban J connectivity index is 2.03. The van der Waals surface area contributed by atoms with Crippen molar-refractivity contribution in [2.24, 2.45) is 0 Å². The minimum atomic E-state index is -0.599. The summed E-state index contributed by atoms with van der Waals surface area (Å²) in [6, 6.07) is 4.89. The van der Waals surface area contributed by atoms with Crippen molar-refractivity contribution in [2.45, 2.75) is 20.4 Å². The topological polar surface area (TPSA) is 70.4 Å². The van der Waals surface area contributed by atoms with Crippen molar-refractivity contribution in [3.63, 3.8) is 0 Å². The average Bonchev–Trinajstić information content (AvgIpc) is 2.88. The van der Waals surface area contributed by atoms with Gasteiger partial charge in [-0.05, 0) is 26.0 Å². The Morgan fingerprint density at radius 2 is 2.08 bits per heavy atom. The molecule has 0 amide bonds. The lowest BCUT2D eigenvalue weighted by molar-refractivity contribution is 0.0474. The van der Waals surface area contributed by atoms with Gasteiger partial charge in [-0.1, -0.05) is 6.08 Å². The van der Waals surface area contributed by atoms with E-state index in [9.17, 15) is 9.59 Å². The molecule has 126 valence electrons. The smallest absolute Gasteiger partial charge is 0.340 e. The molecule has 24 heavy (non-hydrogen) atoms. The minimum absolute atomic E-state index is 0.242. The molecule has 0 atom stereocenters. The second kappa shape index (κ2) is 7.59. The maximum absolute atomic E-state index is 12.3. The highest BCUT2D eigenvalue weighted by Gasteiger charge is 2.17. The Morgan fingerprint density at radius 1 is 1.33 bits per heavy atom. The van der Waals surface area contributed by atoms with E-state index in [1.54, 1.807) is 18.2 Å². The van der Waals surface area contributed by atoms with Gasteiger partial charge in [0.2, 0.25) is 11.7 Å². The molecule has 6 nitrogen and oxygen atoms in total. The molecule has 6 heteroatoms. The highest BCUT2D eigenvalue weighted by molar-refractivity contribution is 6.00. The first-order valence-electron chi connectivity index (χ1n) is 7.46. The summed E-state index contributed by atoms with van der Waals surface area (Å²) in [7, 11) is 1.49. The van der Waals surface area contributed by atoms with Crippen LogP contribution in [0.15, 0.2) is 37.1 Å². The summed E-state index contributed by atoms with van der Waals surface area (Å²) in [6.07, 6.45) is 3.12. The van der Waals surface area contributed by atoms with Gasteiger partial charge in [0.15, 0.2) is 6.61 Å². The standard InChI is InChI=1S/C18H20N2O4/c1-5-8-20-12(2)9-15(13(20)3)16(21)11-24-18(22)14-6-7-17(23-4)19-10-14/h5-7,9-10H,1,8,11H2,2-4H3. The van der Waals surface area contributed by atoms with Crippen molar-refractivity contribution in [2.75, 3.05) is 13.7 Å². The average molecular weight is 328 g/mol. The Kier molecular flexibility index (Phi) is 5.52. The summed E-state index contributed by atoms with van der Waals surface area (Å²) in [5.74, 6) is -0.441. The molecule has 2 aromatic heterocycles. The maximum Gasteiger partial charge on any atom is 0.340 e. The van der Waals surface area contributed by atoms with Crippen molar-refractivity contribution >= 4 is 11.8 Å². The van der Waals surface area contributed by atoms with Gasteiger partial charge in [-0.25, -0.2) is 9.78 Å². The molecular weight excluding hydrogens is 308 g/mol. The number of aromatic nitrogens is 2. The summed E-state index contributed by atoms with van der Waals surface area (Å²) < 4.78 is 12.0. The second-order valence-corrected chi connectivity index (χ2v) is 5.27. The van der Waals surface area contributed by atoms with Gasteiger partial charge in [0.05, 0.1) is 12.7 Å². The molecule has 0 saturated heterocycles. The summed E-state index contributed by atoms with van der Waals surface area (Å²) in [5, 5.41) is 0. The molecule has 0 fully saturated rings. The highest BCUT2D eigenvalue weighted by atomic mass is 16.5. The van der Waals surface area contributed by atoms with Crippen molar-refractivity contribution in [3.05, 3.63) is 59.6 Å². The zero-order valence-electron chi connectivity index (χ0n) is 14.0. The van der Waals surface area contributed by atoms with E-state index in [0.717, 1.165) is 11.4 Å². The number of nitrogens with zero attached hydrogens (tertiary/aromatic N) is 2. The van der Waals surface area contributed by atoms with Gasteiger partial charge >= 0.3 is 5.97 Å². The molecular formula is C18H20N2O4. The molecule has 0 saturated carbocycles. The lowest BCUT2D eigenvalue weighted by Gasteiger charge is -2.07. The molecule has 0 aliphatic rings. The number of methoxy groups -OCH3 is 1. The van der Waals surface area contributed by atoms with Gasteiger partial charge in [0, 0.05) is 35.8 Å². The molecule has 0 aromatic carbocycles. The Bertz CT molecular complexity index is 760. The number of hydrogen-bond donors (Lipinski definition) is 0. The Morgan fingerprint density at radius 3 is 2.67 bits per heavy atom. The van der Waals surface area contributed by atoms with Gasteiger partial charge in [0.1, 0.15) is 0 Å². The number of allylic oxidation sites excluding steroid dienone is 1. The Hall–Kier alpha value is -2.89. The molecule has 0 bridgehead atoms. The first-order chi connectivity index (χ1) is 11.5. The van der Waals surface area contributed by atoms with Gasteiger partial charge in [-0.3, -0.25) is 4.79 Å². The summed E-state index contributed by atoms with van der Waals surface area (Å²) in [4.78, 5) is 28.2. The van der Waals surface area contributed by atoms with Crippen LogP contribution in [0, 0.1) is 13.8 Å². The van der Waals surface area contributed by atoms with E-state index in [2.05, 4.69) is 11.6 Å². The second-order valence-electron chi connectivity index (χ2n) is 5.27. The van der Waals surface area contributed by atoms with E-state index in [1.807, 2.05) is 18.4 Å². The zero-order chi connectivity index (χ0) is 17.7. The van der Waals surface area contributed by atoms with Crippen LogP contribution in [0.2, 0.25) is 0 Å². The molecule has 2 heterocycles. The Labute approximate surface area is 140 Å². The SMILES string of the molecule is C=CCn1c(C)cc(C(=O)COC(=O)c2ccc(OC)nc2)c1C. The molecule has 0 aliphatic heterocycles. The first kappa shape index (κ1) is 17.5. The fourth-order valence-corrected chi connectivity index (χ4v) is 2.41. The predicted octanol–water partition coefficient (Wildman–Crippen LogP) is 2.73. The summed E-state index contributed by atoms with van der Waals surface area (Å²) in [5.41, 5.74) is 2.61. The van der Waals surface area contributed by atoms with Crippen LogP contribution in [0.1, 0.15) is 32.1 Å². The number of carbonyl (C=O) groups excluding carboxylic acids is 2. The largest absolute Gasteiger partial charge is 0.481 e. The van der Waals surface area contributed by atoms with E-state index in [-0.39, 0.29) is 18.0 Å². The van der Waals surface area contributed by atoms with Crippen LogP contribution in [-0.4, -0.2) is 35.0 Å². The predicted molar refractivity (Wildman–Crippen MR) is 89.5 cm³/mol. The third kappa shape index (κ3) is 3.71. The highest BCUT2D eigenvalue weighted by Crippen LogP contribution is 2.16. The number of Topliss-reactive ketones (excluding diaryl/α,β-unsaturated/α-hetero) is 1. The number of carbonyl (C=O) groups is 2. The molecule has 0 unspecified atom stereocenters. The minimum Gasteiger partial charge on any atom is -0.481 e. The number of pyridine rings is 1. The van der Waals surface area contributed by atoms with Crippen molar-refractivity contribution < 1.29 is 19.1 Å². The number of ether oxygens (including phenoxy) is 2. The van der Waals surface area contributed by atoms with Crippen LogP contribution in [0.4, 0.5) is 0 Å². The van der Waals surface area contributed by atoms with Crippen LogP contribution in [0.25, 0.3) is 0 Å². The fourth-order valence-electron chi connectivity index (χ4n) is 2.41. The molecule has 2 aromatic rings. The molecule has 0 N–H and O–H groups in total. The van der Waals surface area contributed by atoms with Crippen molar-refractivity contribution in [3.8, 4) is 5.88 Å². The monoisotopic (exact) mass is 328 g/mol. The normalized spacial score (nSPS) is 10.3. The van der Waals surface area contributed by atoms with Crippen LogP contribution in [-0.2, 0) is 11.3 Å². The number of esters is 1. The molecule has 0 radical (unpaired) electrons. The van der Waals surface area contributed by atoms with Gasteiger partial charge < -0.3 is 14.0 Å². The third-order valence-corrected chi connectivity index (χ3v) is 3.70. The van der Waals surface area contributed by atoms with Crippen LogP contribution < -0.4 is 4.74 Å². The van der Waals surface area contributed by atoms with Gasteiger partial charge in [-0.15, -0.1) is 6.58 Å². The number of rotatable bonds is 7. The lowest BCUT2D eigenvalue weighted by atomic mass is 10.1. The van der Waals surface area contributed by atoms with E-state index < -0.39 is 5.97 Å². The summed E-state index contributed by atoms with van der Waals surface area (Å²) in [6.45, 7) is 7.80. The van der Waals surface area contributed by atoms with Crippen LogP contribution in [0.5, 0.6) is 5.88 Å². The van der Waals surface area contributed by atoms with E-state index in [1.165, 1.54) is 19.4 Å². The van der Waals surface area contributed by atoms with Gasteiger partial charge in [0.25, 0.3) is 0 Å². The maximum atomic E-state index is 12.3. The lowest BCUT2D eigenvalue weighted by Crippen LogP contribution is -2.15. The zero-order valence-corrected chi connectivity index (χ0v) is 14.0. The number of hydrogen-bond acceptors (Lipinski definition) is 5. The quantitative estimate of drug-likeness (QED) is 0.444. The molecule has 0 aliphatic carbocycles.